The summed E-state index contributed by atoms with van der Waals surface area (Å²) < 4.78 is 1.29. The molecule has 1 N–H and O–H groups in total. The van der Waals surface area contributed by atoms with Crippen LogP contribution < -0.4 is 4.90 Å². The Morgan fingerprint density at radius 2 is 1.77 bits per heavy atom. The quantitative estimate of drug-likeness (QED) is 0.556. The summed E-state index contributed by atoms with van der Waals surface area (Å²) in [4.78, 5) is 10.1. The number of aliphatic hydroxyl groups excluding tert-OH is 1. The second-order valence-corrected chi connectivity index (χ2v) is 9.97. The summed E-state index contributed by atoms with van der Waals surface area (Å²) in [6, 6.07) is 12.9. The molecule has 164 valence electrons. The van der Waals surface area contributed by atoms with Crippen LogP contribution in [-0.2, 0) is 0 Å². The second kappa shape index (κ2) is 9.27. The molecule has 0 amide bonds. The number of thiophene rings is 1. The number of nitrogens with zero attached hydrogens (tertiary/aromatic N) is 3. The van der Waals surface area contributed by atoms with Gasteiger partial charge in [-0.15, -0.1) is 11.3 Å². The van der Waals surface area contributed by atoms with Gasteiger partial charge in [-0.3, -0.25) is 0 Å². The number of benzene rings is 1. The van der Waals surface area contributed by atoms with Crippen molar-refractivity contribution in [2.45, 2.75) is 45.1 Å². The van der Waals surface area contributed by atoms with Gasteiger partial charge in [-0.25, -0.2) is 4.98 Å². The number of hydrogen-bond donors (Lipinski definition) is 1. The molecule has 1 aliphatic carbocycles. The van der Waals surface area contributed by atoms with E-state index in [2.05, 4.69) is 58.5 Å². The number of aromatic nitrogens is 1. The van der Waals surface area contributed by atoms with Crippen molar-refractivity contribution < 1.29 is 5.11 Å². The molecule has 3 heterocycles. The molecule has 5 heteroatoms. The van der Waals surface area contributed by atoms with E-state index in [1.54, 1.807) is 11.3 Å². The molecule has 5 rings (SSSR count). The molecule has 1 unspecified atom stereocenters. The summed E-state index contributed by atoms with van der Waals surface area (Å²) in [7, 11) is 0. The highest BCUT2D eigenvalue weighted by Crippen LogP contribution is 2.37. The Morgan fingerprint density at radius 3 is 2.48 bits per heavy atom. The van der Waals surface area contributed by atoms with Crippen LogP contribution in [0.2, 0.25) is 0 Å². The van der Waals surface area contributed by atoms with E-state index >= 15 is 0 Å². The van der Waals surface area contributed by atoms with Crippen LogP contribution >= 0.6 is 11.3 Å². The third-order valence-corrected chi connectivity index (χ3v) is 8.11. The molecule has 0 bridgehead atoms. The van der Waals surface area contributed by atoms with Crippen molar-refractivity contribution in [2.75, 3.05) is 37.6 Å². The molecular weight excluding hydrogens is 402 g/mol. The Bertz CT molecular complexity index is 1000. The number of piperazine rings is 1. The highest BCUT2D eigenvalue weighted by Gasteiger charge is 2.23. The molecule has 2 aromatic heterocycles. The summed E-state index contributed by atoms with van der Waals surface area (Å²) in [5.74, 6) is 1.54. The fourth-order valence-corrected chi connectivity index (χ4v) is 6.06. The van der Waals surface area contributed by atoms with Crippen molar-refractivity contribution in [3.63, 3.8) is 0 Å². The average Bonchev–Trinajstić information content (AvgIpc) is 3.32. The van der Waals surface area contributed by atoms with Gasteiger partial charge in [0.05, 0.1) is 16.5 Å². The first kappa shape index (κ1) is 20.9. The van der Waals surface area contributed by atoms with Crippen LogP contribution in [0.1, 0.15) is 50.7 Å². The maximum atomic E-state index is 10.9. The Hall–Kier alpha value is -1.95. The first-order chi connectivity index (χ1) is 15.2. The van der Waals surface area contributed by atoms with E-state index in [1.807, 2.05) is 0 Å². The Labute approximate surface area is 189 Å². The molecule has 2 aliphatic rings. The number of aliphatic hydroxyl groups is 1. The Kier molecular flexibility index (Phi) is 6.26. The van der Waals surface area contributed by atoms with E-state index in [9.17, 15) is 5.11 Å². The number of likely N-dealkylation sites (N-methyl/N-ethyl adjacent to an activating group) is 1. The molecule has 4 nitrogen and oxygen atoms in total. The zero-order chi connectivity index (χ0) is 21.2. The summed E-state index contributed by atoms with van der Waals surface area (Å²) >= 11 is 1.79. The van der Waals surface area contributed by atoms with Crippen LogP contribution in [0.5, 0.6) is 0 Å². The van der Waals surface area contributed by atoms with Crippen LogP contribution in [0.3, 0.4) is 0 Å². The zero-order valence-electron chi connectivity index (χ0n) is 18.5. The SMILES string of the molecule is CCN1CCN(c2nc(-c3ccc(C(O)C4CCCCC4)cc3)cc3ccsc23)CC1. The summed E-state index contributed by atoms with van der Waals surface area (Å²) in [5, 5.41) is 14.3. The number of anilines is 1. The highest BCUT2D eigenvalue weighted by atomic mass is 32.1. The summed E-state index contributed by atoms with van der Waals surface area (Å²) in [5.41, 5.74) is 3.20. The maximum absolute atomic E-state index is 10.9. The van der Waals surface area contributed by atoms with Gasteiger partial charge in [-0.2, -0.15) is 0 Å². The molecule has 1 saturated heterocycles. The number of fused-ring (bicyclic) bond motifs is 1. The van der Waals surface area contributed by atoms with Crippen LogP contribution in [0.4, 0.5) is 5.82 Å². The van der Waals surface area contributed by atoms with E-state index in [-0.39, 0.29) is 6.10 Å². The van der Waals surface area contributed by atoms with E-state index in [0.29, 0.717) is 5.92 Å². The topological polar surface area (TPSA) is 39.6 Å². The fraction of sp³-hybridized carbons (Fsp3) is 0.500. The third-order valence-electron chi connectivity index (χ3n) is 7.18. The molecule has 2 fully saturated rings. The third kappa shape index (κ3) is 4.36. The lowest BCUT2D eigenvalue weighted by molar-refractivity contribution is 0.0848. The van der Waals surface area contributed by atoms with Gasteiger partial charge >= 0.3 is 0 Å². The van der Waals surface area contributed by atoms with Gasteiger partial charge in [0, 0.05) is 31.7 Å². The van der Waals surface area contributed by atoms with Gasteiger partial charge in [-0.05, 0) is 53.8 Å². The minimum Gasteiger partial charge on any atom is -0.388 e. The monoisotopic (exact) mass is 435 g/mol. The van der Waals surface area contributed by atoms with Gasteiger partial charge in [0.15, 0.2) is 0 Å². The number of rotatable bonds is 5. The van der Waals surface area contributed by atoms with Crippen LogP contribution in [-0.4, -0.2) is 47.7 Å². The maximum Gasteiger partial charge on any atom is 0.147 e. The van der Waals surface area contributed by atoms with Crippen LogP contribution in [0, 0.1) is 5.92 Å². The second-order valence-electron chi connectivity index (χ2n) is 9.06. The lowest BCUT2D eigenvalue weighted by Gasteiger charge is -2.35. The van der Waals surface area contributed by atoms with Gasteiger partial charge in [0.2, 0.25) is 0 Å². The smallest absolute Gasteiger partial charge is 0.147 e. The van der Waals surface area contributed by atoms with E-state index < -0.39 is 0 Å². The first-order valence-electron chi connectivity index (χ1n) is 11.9. The van der Waals surface area contributed by atoms with Crippen molar-refractivity contribution >= 4 is 27.2 Å². The molecule has 3 aromatic rings. The molecular formula is C26H33N3OS. The lowest BCUT2D eigenvalue weighted by atomic mass is 9.82. The van der Waals surface area contributed by atoms with Crippen molar-refractivity contribution in [3.8, 4) is 11.3 Å². The fourth-order valence-electron chi connectivity index (χ4n) is 5.17. The average molecular weight is 436 g/mol. The van der Waals surface area contributed by atoms with Gasteiger partial charge < -0.3 is 14.9 Å². The Balaban J connectivity index is 1.41. The molecule has 1 atom stereocenters. The molecule has 0 radical (unpaired) electrons. The molecule has 1 aromatic carbocycles. The standard InChI is InChI=1S/C26H33N3OS/c1-2-28-13-15-29(16-14-28)26-25-22(12-17-31-25)18-23(27-26)19-8-10-21(11-9-19)24(30)20-6-4-3-5-7-20/h8-12,17-18,20,24,30H,2-7,13-16H2,1H3. The van der Waals surface area contributed by atoms with Gasteiger partial charge in [0.25, 0.3) is 0 Å². The van der Waals surface area contributed by atoms with Crippen molar-refractivity contribution in [3.05, 3.63) is 47.3 Å². The van der Waals surface area contributed by atoms with Crippen molar-refractivity contribution in [1.82, 2.24) is 9.88 Å². The summed E-state index contributed by atoms with van der Waals surface area (Å²) in [6.07, 6.45) is 5.77. The molecule has 1 saturated carbocycles. The van der Waals surface area contributed by atoms with E-state index in [0.717, 1.165) is 68.2 Å². The van der Waals surface area contributed by atoms with E-state index in [4.69, 9.17) is 4.98 Å². The van der Waals surface area contributed by atoms with Crippen LogP contribution in [0.25, 0.3) is 21.3 Å². The van der Waals surface area contributed by atoms with E-state index in [1.165, 1.54) is 29.3 Å². The summed E-state index contributed by atoms with van der Waals surface area (Å²) in [6.45, 7) is 7.62. The van der Waals surface area contributed by atoms with Crippen molar-refractivity contribution in [2.24, 2.45) is 5.92 Å². The predicted molar refractivity (Wildman–Crippen MR) is 131 cm³/mol. The molecule has 1 aliphatic heterocycles. The van der Waals surface area contributed by atoms with Gasteiger partial charge in [-0.1, -0.05) is 50.5 Å². The molecule has 31 heavy (non-hydrogen) atoms. The van der Waals surface area contributed by atoms with Gasteiger partial charge in [0.1, 0.15) is 5.82 Å². The zero-order valence-corrected chi connectivity index (χ0v) is 19.3. The minimum absolute atomic E-state index is 0.341. The normalized spacial score (nSPS) is 19.7. The predicted octanol–water partition coefficient (Wildman–Crippen LogP) is 5.72. The first-order valence-corrected chi connectivity index (χ1v) is 12.7. The minimum atomic E-state index is -0.341. The lowest BCUT2D eigenvalue weighted by Crippen LogP contribution is -2.46. The molecule has 0 spiro atoms. The number of hydrogen-bond acceptors (Lipinski definition) is 5. The Morgan fingerprint density at radius 1 is 1.03 bits per heavy atom. The largest absolute Gasteiger partial charge is 0.388 e. The van der Waals surface area contributed by atoms with Crippen LogP contribution in [0.15, 0.2) is 41.8 Å². The number of pyridine rings is 1. The highest BCUT2D eigenvalue weighted by molar-refractivity contribution is 7.17. The van der Waals surface area contributed by atoms with Crippen molar-refractivity contribution in [1.29, 1.82) is 0 Å².